The summed E-state index contributed by atoms with van der Waals surface area (Å²) >= 11 is 0. The molecule has 0 amide bonds. The van der Waals surface area contributed by atoms with Gasteiger partial charge in [0.05, 0.1) is 6.10 Å². The molecule has 1 aliphatic rings. The molecule has 0 aliphatic heterocycles. The maximum absolute atomic E-state index is 10.6. The van der Waals surface area contributed by atoms with Crippen LogP contribution in [0.3, 0.4) is 0 Å². The van der Waals surface area contributed by atoms with Crippen LogP contribution in [0.4, 0.5) is 0 Å². The van der Waals surface area contributed by atoms with Gasteiger partial charge in [-0.15, -0.1) is 0 Å². The van der Waals surface area contributed by atoms with E-state index in [9.17, 15) is 9.90 Å². The molecule has 4 atom stereocenters. The Morgan fingerprint density at radius 1 is 1.25 bits per heavy atom. The van der Waals surface area contributed by atoms with E-state index >= 15 is 0 Å². The highest BCUT2D eigenvalue weighted by atomic mass is 28.4. The van der Waals surface area contributed by atoms with Gasteiger partial charge in [0.1, 0.15) is 0 Å². The molecule has 0 fully saturated rings. The summed E-state index contributed by atoms with van der Waals surface area (Å²) in [6.45, 7) is 16.2. The predicted molar refractivity (Wildman–Crippen MR) is 137 cm³/mol. The minimum Gasteiger partial charge on any atom is -0.481 e. The Hall–Kier alpha value is -0.913. The lowest BCUT2D eigenvalue weighted by Gasteiger charge is -2.41. The van der Waals surface area contributed by atoms with Crippen LogP contribution >= 0.6 is 0 Å². The van der Waals surface area contributed by atoms with Gasteiger partial charge in [-0.3, -0.25) is 4.79 Å². The fourth-order valence-electron chi connectivity index (χ4n) is 4.20. The quantitative estimate of drug-likeness (QED) is 0.149. The molecule has 0 spiro atoms. The van der Waals surface area contributed by atoms with Gasteiger partial charge in [-0.25, -0.2) is 0 Å². The van der Waals surface area contributed by atoms with Gasteiger partial charge in [-0.2, -0.15) is 0 Å². The van der Waals surface area contributed by atoms with Gasteiger partial charge in [0.2, 0.25) is 0 Å². The van der Waals surface area contributed by atoms with E-state index in [1.165, 1.54) is 24.8 Å². The number of aliphatic hydroxyl groups is 1. The van der Waals surface area contributed by atoms with Gasteiger partial charge in [0.15, 0.2) is 8.32 Å². The zero-order chi connectivity index (χ0) is 24.4. The zero-order valence-corrected chi connectivity index (χ0v) is 22.8. The lowest BCUT2D eigenvalue weighted by molar-refractivity contribution is -0.137. The molecular weight excluding hydrogens is 416 g/mol. The summed E-state index contributed by atoms with van der Waals surface area (Å²) < 4.78 is 6.92. The molecule has 0 bridgehead atoms. The summed E-state index contributed by atoms with van der Waals surface area (Å²) in [5, 5.41) is 19.5. The number of hydrogen-bond donors (Lipinski definition) is 2. The lowest BCUT2D eigenvalue weighted by atomic mass is 9.88. The Morgan fingerprint density at radius 3 is 2.53 bits per heavy atom. The van der Waals surface area contributed by atoms with Crippen molar-refractivity contribution in [2.45, 2.75) is 129 Å². The molecule has 0 aromatic heterocycles. The molecule has 0 aromatic rings. The molecule has 4 nitrogen and oxygen atoms in total. The third-order valence-corrected chi connectivity index (χ3v) is 12.0. The van der Waals surface area contributed by atoms with E-state index < -0.39 is 14.3 Å². The number of hydrogen-bond acceptors (Lipinski definition) is 3. The maximum atomic E-state index is 10.6. The van der Waals surface area contributed by atoms with Crippen LogP contribution in [0.5, 0.6) is 0 Å². The molecule has 1 unspecified atom stereocenters. The van der Waals surface area contributed by atoms with Crippen LogP contribution in [0, 0.1) is 11.8 Å². The first-order valence-electron chi connectivity index (χ1n) is 12.8. The van der Waals surface area contributed by atoms with E-state index in [0.717, 1.165) is 32.1 Å². The fourth-order valence-corrected chi connectivity index (χ4v) is 5.66. The summed E-state index contributed by atoms with van der Waals surface area (Å²) in [4.78, 5) is 10.6. The molecule has 0 saturated carbocycles. The SMILES string of the molecule is CCCCC(C)[C@@H](CCC1=CC[C@H](O)[C@@H]1C/C=C\CCCC(=O)O)O[Si](C)(C)C(C)(C)C. The molecule has 0 aromatic carbocycles. The van der Waals surface area contributed by atoms with Crippen LogP contribution < -0.4 is 0 Å². The van der Waals surface area contributed by atoms with Crippen LogP contribution in [0.15, 0.2) is 23.8 Å². The first-order valence-corrected chi connectivity index (χ1v) is 15.7. The van der Waals surface area contributed by atoms with Crippen molar-refractivity contribution in [2.75, 3.05) is 0 Å². The number of unbranched alkanes of at least 4 members (excludes halogenated alkanes) is 2. The van der Waals surface area contributed by atoms with E-state index in [1.807, 2.05) is 0 Å². The van der Waals surface area contributed by atoms with Gasteiger partial charge in [-0.1, -0.05) is 71.3 Å². The fraction of sp³-hybridized carbons (Fsp3) is 0.815. The highest BCUT2D eigenvalue weighted by molar-refractivity contribution is 6.74. The first-order chi connectivity index (χ1) is 14.9. The summed E-state index contributed by atoms with van der Waals surface area (Å²) in [6.07, 6.45) is 15.3. The molecule has 0 heterocycles. The van der Waals surface area contributed by atoms with E-state index in [4.69, 9.17) is 9.53 Å². The maximum Gasteiger partial charge on any atom is 0.303 e. The third-order valence-electron chi connectivity index (χ3n) is 7.50. The molecule has 5 heteroatoms. The molecule has 0 radical (unpaired) electrons. The van der Waals surface area contributed by atoms with Crippen molar-refractivity contribution >= 4 is 14.3 Å². The standard InChI is InChI=1S/C27H50O4Si/c1-8-9-14-21(2)25(31-32(6,7)27(3,4)5)20-18-22-17-19-24(28)23(22)15-12-10-11-13-16-26(29)30/h10,12,17,21,23-25,28H,8-9,11,13-16,18-20H2,1-7H3,(H,29,30)/b12-10-/t21?,23-,24+,25-/m1/s1. The Labute approximate surface area is 198 Å². The van der Waals surface area contributed by atoms with Crippen molar-refractivity contribution in [3.8, 4) is 0 Å². The number of carboxylic acids is 1. The Morgan fingerprint density at radius 2 is 1.94 bits per heavy atom. The number of allylic oxidation sites excluding steroid dienone is 2. The van der Waals surface area contributed by atoms with Gasteiger partial charge in [-0.05, 0) is 69.0 Å². The topological polar surface area (TPSA) is 66.8 Å². The van der Waals surface area contributed by atoms with Crippen LogP contribution in [-0.2, 0) is 9.22 Å². The normalized spacial score (nSPS) is 21.7. The van der Waals surface area contributed by atoms with E-state index in [-0.39, 0.29) is 29.6 Å². The highest BCUT2D eigenvalue weighted by Gasteiger charge is 2.40. The van der Waals surface area contributed by atoms with Gasteiger partial charge >= 0.3 is 5.97 Å². The second-order valence-corrected chi connectivity index (χ2v) is 16.0. The van der Waals surface area contributed by atoms with Crippen molar-refractivity contribution in [3.63, 3.8) is 0 Å². The van der Waals surface area contributed by atoms with Crippen LogP contribution in [0.2, 0.25) is 18.1 Å². The summed E-state index contributed by atoms with van der Waals surface area (Å²) in [6, 6.07) is 0. The Bertz CT molecular complexity index is 618. The van der Waals surface area contributed by atoms with Crippen LogP contribution in [0.25, 0.3) is 0 Å². The molecule has 1 rings (SSSR count). The smallest absolute Gasteiger partial charge is 0.303 e. The first kappa shape index (κ1) is 29.1. The van der Waals surface area contributed by atoms with Crippen molar-refractivity contribution in [3.05, 3.63) is 23.8 Å². The number of aliphatic carboxylic acids is 1. The molecule has 0 saturated heterocycles. The Balaban J connectivity index is 2.72. The number of aliphatic hydroxyl groups excluding tert-OH is 1. The van der Waals surface area contributed by atoms with Crippen molar-refractivity contribution in [1.82, 2.24) is 0 Å². The molecular formula is C27H50O4Si. The molecule has 32 heavy (non-hydrogen) atoms. The summed E-state index contributed by atoms with van der Waals surface area (Å²) in [7, 11) is -1.84. The number of rotatable bonds is 15. The molecule has 1 aliphatic carbocycles. The van der Waals surface area contributed by atoms with E-state index in [1.54, 1.807) is 0 Å². The minimum atomic E-state index is -1.84. The average molecular weight is 467 g/mol. The Kier molecular flexibility index (Phi) is 12.5. The average Bonchev–Trinajstić information content (AvgIpc) is 3.04. The predicted octanol–water partition coefficient (Wildman–Crippen LogP) is 7.49. The van der Waals surface area contributed by atoms with Crippen molar-refractivity contribution in [2.24, 2.45) is 11.8 Å². The van der Waals surface area contributed by atoms with Crippen LogP contribution in [0.1, 0.15) is 98.8 Å². The van der Waals surface area contributed by atoms with Crippen LogP contribution in [-0.4, -0.2) is 36.7 Å². The van der Waals surface area contributed by atoms with Gasteiger partial charge in [0.25, 0.3) is 0 Å². The van der Waals surface area contributed by atoms with Crippen molar-refractivity contribution in [1.29, 1.82) is 0 Å². The third kappa shape index (κ3) is 9.92. The monoisotopic (exact) mass is 466 g/mol. The largest absolute Gasteiger partial charge is 0.481 e. The highest BCUT2D eigenvalue weighted by Crippen LogP contribution is 2.40. The second kappa shape index (κ2) is 13.7. The minimum absolute atomic E-state index is 0.185. The van der Waals surface area contributed by atoms with Gasteiger partial charge in [0, 0.05) is 18.4 Å². The summed E-state index contributed by atoms with van der Waals surface area (Å²) in [5.74, 6) is -0.00810. The van der Waals surface area contributed by atoms with Crippen molar-refractivity contribution < 1.29 is 19.4 Å². The van der Waals surface area contributed by atoms with E-state index in [2.05, 4.69) is 65.9 Å². The van der Waals surface area contributed by atoms with Gasteiger partial charge < -0.3 is 14.6 Å². The second-order valence-electron chi connectivity index (χ2n) is 11.3. The lowest BCUT2D eigenvalue weighted by Crippen LogP contribution is -2.45. The molecule has 186 valence electrons. The molecule has 2 N–H and O–H groups in total. The zero-order valence-electron chi connectivity index (χ0n) is 21.8. The number of carboxylic acid groups (broad SMARTS) is 1. The number of carbonyl (C=O) groups is 1. The summed E-state index contributed by atoms with van der Waals surface area (Å²) in [5.41, 5.74) is 1.37. The van der Waals surface area contributed by atoms with E-state index in [0.29, 0.717) is 12.3 Å².